The number of rotatable bonds is 7. The summed E-state index contributed by atoms with van der Waals surface area (Å²) in [5.74, 6) is -3.73. The zero-order chi connectivity index (χ0) is 14.5. The first-order chi connectivity index (χ1) is 8.85. The highest BCUT2D eigenvalue weighted by atomic mass is 16.7. The van der Waals surface area contributed by atoms with Gasteiger partial charge in [0.15, 0.2) is 5.92 Å². The van der Waals surface area contributed by atoms with E-state index in [0.717, 1.165) is 25.7 Å². The maximum Gasteiger partial charge on any atom is 0.324 e. The molecule has 0 aromatic rings. The van der Waals surface area contributed by atoms with Crippen LogP contribution in [0.5, 0.6) is 0 Å². The molecule has 0 atom stereocenters. The summed E-state index contributed by atoms with van der Waals surface area (Å²) < 4.78 is 9.93. The van der Waals surface area contributed by atoms with Crippen molar-refractivity contribution < 1.29 is 23.9 Å². The zero-order valence-electron chi connectivity index (χ0n) is 11.9. The Bertz CT molecular complexity index is 339. The number of ketones is 1. The SMILES string of the molecule is CCCCCCC(=O)CC1C(=O)OC(C)(C)OC1=O. The molecule has 1 aliphatic rings. The molecule has 0 bridgehead atoms. The van der Waals surface area contributed by atoms with Gasteiger partial charge in [-0.25, -0.2) is 0 Å². The summed E-state index contributed by atoms with van der Waals surface area (Å²) in [6.07, 6.45) is 4.28. The van der Waals surface area contributed by atoms with Crippen LogP contribution in [0, 0.1) is 5.92 Å². The Morgan fingerprint density at radius 1 is 1.11 bits per heavy atom. The first-order valence-corrected chi connectivity index (χ1v) is 6.83. The minimum Gasteiger partial charge on any atom is -0.422 e. The lowest BCUT2D eigenvalue weighted by Crippen LogP contribution is -2.46. The van der Waals surface area contributed by atoms with Crippen molar-refractivity contribution in [1.29, 1.82) is 0 Å². The molecule has 5 nitrogen and oxygen atoms in total. The third-order valence-corrected chi connectivity index (χ3v) is 3.00. The lowest BCUT2D eigenvalue weighted by Gasteiger charge is -2.32. The van der Waals surface area contributed by atoms with Gasteiger partial charge in [0.25, 0.3) is 5.79 Å². The number of carbonyl (C=O) groups is 3. The third kappa shape index (κ3) is 5.01. The average molecular weight is 270 g/mol. The van der Waals surface area contributed by atoms with Crippen molar-refractivity contribution in [2.75, 3.05) is 0 Å². The van der Waals surface area contributed by atoms with E-state index in [2.05, 4.69) is 6.92 Å². The molecule has 0 radical (unpaired) electrons. The highest BCUT2D eigenvalue weighted by Gasteiger charge is 2.43. The second-order valence-corrected chi connectivity index (χ2v) is 5.35. The first-order valence-electron chi connectivity index (χ1n) is 6.83. The molecule has 0 aliphatic carbocycles. The summed E-state index contributed by atoms with van der Waals surface area (Å²) >= 11 is 0. The normalized spacial score (nSPS) is 18.9. The summed E-state index contributed by atoms with van der Waals surface area (Å²) in [6, 6.07) is 0. The van der Waals surface area contributed by atoms with Crippen molar-refractivity contribution in [2.45, 2.75) is 65.1 Å². The average Bonchev–Trinajstić information content (AvgIpc) is 2.28. The van der Waals surface area contributed by atoms with Gasteiger partial charge in [0.05, 0.1) is 0 Å². The maximum absolute atomic E-state index is 11.7. The fourth-order valence-corrected chi connectivity index (χ4v) is 1.99. The number of Topliss-reactive ketones (excluding diaryl/α,β-unsaturated/α-hetero) is 1. The zero-order valence-corrected chi connectivity index (χ0v) is 11.9. The summed E-state index contributed by atoms with van der Waals surface area (Å²) in [5, 5.41) is 0. The molecule has 108 valence electrons. The molecule has 0 unspecified atom stereocenters. The van der Waals surface area contributed by atoms with E-state index in [9.17, 15) is 14.4 Å². The first kappa shape index (κ1) is 15.7. The van der Waals surface area contributed by atoms with Crippen molar-refractivity contribution in [3.63, 3.8) is 0 Å². The van der Waals surface area contributed by atoms with E-state index in [1.54, 1.807) is 0 Å². The van der Waals surface area contributed by atoms with E-state index < -0.39 is 23.6 Å². The fraction of sp³-hybridized carbons (Fsp3) is 0.786. The van der Waals surface area contributed by atoms with Crippen molar-refractivity contribution in [3.05, 3.63) is 0 Å². The summed E-state index contributed by atoms with van der Waals surface area (Å²) in [5.41, 5.74) is 0. The lowest BCUT2D eigenvalue weighted by molar-refractivity contribution is -0.240. The van der Waals surface area contributed by atoms with E-state index in [-0.39, 0.29) is 12.2 Å². The van der Waals surface area contributed by atoms with Crippen LogP contribution in [0.4, 0.5) is 0 Å². The Kier molecular flexibility index (Phi) is 5.51. The van der Waals surface area contributed by atoms with Crippen molar-refractivity contribution >= 4 is 17.7 Å². The van der Waals surface area contributed by atoms with E-state index >= 15 is 0 Å². The Balaban J connectivity index is 2.41. The number of carbonyl (C=O) groups excluding carboxylic acids is 3. The topological polar surface area (TPSA) is 69.7 Å². The smallest absolute Gasteiger partial charge is 0.324 e. The molecule has 1 heterocycles. The van der Waals surface area contributed by atoms with E-state index in [4.69, 9.17) is 9.47 Å². The van der Waals surface area contributed by atoms with Crippen molar-refractivity contribution in [2.24, 2.45) is 5.92 Å². The summed E-state index contributed by atoms with van der Waals surface area (Å²) in [7, 11) is 0. The molecule has 5 heteroatoms. The standard InChI is InChI=1S/C14H22O5/c1-4-5-6-7-8-10(15)9-11-12(16)18-14(2,3)19-13(11)17/h11H,4-9H2,1-3H3. The van der Waals surface area contributed by atoms with Crippen LogP contribution in [-0.4, -0.2) is 23.5 Å². The second-order valence-electron chi connectivity index (χ2n) is 5.35. The number of hydrogen-bond donors (Lipinski definition) is 0. The molecule has 0 saturated carbocycles. The van der Waals surface area contributed by atoms with E-state index in [0.29, 0.717) is 6.42 Å². The minimum absolute atomic E-state index is 0.0882. The molecule has 0 amide bonds. The number of unbranched alkanes of at least 4 members (excludes halogenated alkanes) is 3. The van der Waals surface area contributed by atoms with E-state index in [1.807, 2.05) is 0 Å². The number of esters is 2. The van der Waals surface area contributed by atoms with Crippen LogP contribution < -0.4 is 0 Å². The van der Waals surface area contributed by atoms with Crippen LogP contribution >= 0.6 is 0 Å². The highest BCUT2D eigenvalue weighted by molar-refractivity contribution is 6.00. The van der Waals surface area contributed by atoms with Crippen LogP contribution in [0.25, 0.3) is 0 Å². The molecule has 0 aromatic carbocycles. The van der Waals surface area contributed by atoms with Crippen LogP contribution in [0.2, 0.25) is 0 Å². The Morgan fingerprint density at radius 2 is 1.68 bits per heavy atom. The number of cyclic esters (lactones) is 2. The van der Waals surface area contributed by atoms with Crippen molar-refractivity contribution in [1.82, 2.24) is 0 Å². The monoisotopic (exact) mass is 270 g/mol. The number of ether oxygens (including phenoxy) is 2. The van der Waals surface area contributed by atoms with Gasteiger partial charge in [0.2, 0.25) is 0 Å². The lowest BCUT2D eigenvalue weighted by atomic mass is 9.98. The Morgan fingerprint density at radius 3 is 2.21 bits per heavy atom. The molecule has 0 aromatic heterocycles. The third-order valence-electron chi connectivity index (χ3n) is 3.00. The summed E-state index contributed by atoms with van der Waals surface area (Å²) in [4.78, 5) is 35.0. The van der Waals surface area contributed by atoms with Gasteiger partial charge in [0.1, 0.15) is 5.78 Å². The van der Waals surface area contributed by atoms with Gasteiger partial charge in [0, 0.05) is 26.7 Å². The molecular formula is C14H22O5. The van der Waals surface area contributed by atoms with Crippen LogP contribution in [0.3, 0.4) is 0 Å². The predicted molar refractivity (Wildman–Crippen MR) is 68.1 cm³/mol. The molecule has 19 heavy (non-hydrogen) atoms. The minimum atomic E-state index is -1.23. The largest absolute Gasteiger partial charge is 0.422 e. The molecule has 1 aliphatic heterocycles. The molecule has 0 spiro atoms. The van der Waals surface area contributed by atoms with Crippen LogP contribution in [0.15, 0.2) is 0 Å². The van der Waals surface area contributed by atoms with E-state index in [1.165, 1.54) is 13.8 Å². The highest BCUT2D eigenvalue weighted by Crippen LogP contribution is 2.25. The Labute approximate surface area is 113 Å². The van der Waals surface area contributed by atoms with Crippen LogP contribution in [-0.2, 0) is 23.9 Å². The van der Waals surface area contributed by atoms with Gasteiger partial charge < -0.3 is 9.47 Å². The summed E-state index contributed by atoms with van der Waals surface area (Å²) in [6.45, 7) is 5.08. The maximum atomic E-state index is 11.7. The molecule has 0 N–H and O–H groups in total. The van der Waals surface area contributed by atoms with Gasteiger partial charge >= 0.3 is 11.9 Å². The Hall–Kier alpha value is -1.39. The van der Waals surface area contributed by atoms with Crippen molar-refractivity contribution in [3.8, 4) is 0 Å². The molecule has 1 saturated heterocycles. The quantitative estimate of drug-likeness (QED) is 0.403. The van der Waals surface area contributed by atoms with Gasteiger partial charge in [-0.1, -0.05) is 26.2 Å². The van der Waals surface area contributed by atoms with Gasteiger partial charge in [-0.15, -0.1) is 0 Å². The van der Waals surface area contributed by atoms with Gasteiger partial charge in [-0.2, -0.15) is 0 Å². The fourth-order valence-electron chi connectivity index (χ4n) is 1.99. The molecule has 1 fully saturated rings. The van der Waals surface area contributed by atoms with Gasteiger partial charge in [-0.05, 0) is 6.42 Å². The van der Waals surface area contributed by atoms with Gasteiger partial charge in [-0.3, -0.25) is 14.4 Å². The van der Waals surface area contributed by atoms with Crippen LogP contribution in [0.1, 0.15) is 59.3 Å². The number of hydrogen-bond acceptors (Lipinski definition) is 5. The molecular weight excluding hydrogens is 248 g/mol. The second kappa shape index (κ2) is 6.68. The molecule has 1 rings (SSSR count). The predicted octanol–water partition coefficient (Wildman–Crippen LogP) is 2.37.